The van der Waals surface area contributed by atoms with Crippen LogP contribution in [0.4, 0.5) is 10.5 Å². The zero-order valence-corrected chi connectivity index (χ0v) is 25.8. The van der Waals surface area contributed by atoms with Crippen LogP contribution in [0.5, 0.6) is 0 Å². The summed E-state index contributed by atoms with van der Waals surface area (Å²) in [6, 6.07) is 24.6. The summed E-state index contributed by atoms with van der Waals surface area (Å²) >= 11 is 7.65. The molecule has 0 saturated carbocycles. The third-order valence-electron chi connectivity index (χ3n) is 6.26. The summed E-state index contributed by atoms with van der Waals surface area (Å²) in [5, 5.41) is 18.8. The first kappa shape index (κ1) is 33.5. The van der Waals surface area contributed by atoms with Gasteiger partial charge in [0.2, 0.25) is 0 Å². The Bertz CT molecular complexity index is 1430. The molecule has 1 saturated heterocycles. The number of aliphatic carboxylic acids is 2. The van der Waals surface area contributed by atoms with E-state index >= 15 is 0 Å². The number of piperidine rings is 1. The average Bonchev–Trinajstić information content (AvgIpc) is 2.96. The Morgan fingerprint density at radius 2 is 1.42 bits per heavy atom. The number of fused-ring (bicyclic) bond motifs is 2. The highest BCUT2D eigenvalue weighted by atomic mass is 35.5. The number of anilines is 1. The number of ether oxygens (including phenoxy) is 1. The number of carboxylic acids is 2. The molecule has 0 radical (unpaired) electrons. The minimum atomic E-state index is -1.26. The summed E-state index contributed by atoms with van der Waals surface area (Å²) in [7, 11) is 2.22. The number of carbonyl (C=O) groups is 3. The fraction of sp³-hybridized carbons (Fsp3) is 0.242. The molecular weight excluding hydrogens is 588 g/mol. The number of likely N-dealkylation sites (tertiary alicyclic amines) is 1. The van der Waals surface area contributed by atoms with Crippen molar-refractivity contribution >= 4 is 52.7 Å². The van der Waals surface area contributed by atoms with Gasteiger partial charge in [-0.1, -0.05) is 71.4 Å². The van der Waals surface area contributed by atoms with Crippen LogP contribution in [0.15, 0.2) is 100 Å². The number of hydrogen-bond donors (Lipinski definition) is 3. The number of nitrogens with one attached hydrogen (secondary N) is 1. The number of hydrogen-bond acceptors (Lipinski definition) is 6. The molecule has 5 rings (SSSR count). The predicted molar refractivity (Wildman–Crippen MR) is 171 cm³/mol. The van der Waals surface area contributed by atoms with Crippen LogP contribution in [0.25, 0.3) is 5.57 Å². The van der Waals surface area contributed by atoms with Crippen LogP contribution in [0, 0.1) is 0 Å². The number of benzene rings is 3. The number of rotatable bonds is 4. The van der Waals surface area contributed by atoms with E-state index in [0.29, 0.717) is 22.9 Å². The van der Waals surface area contributed by atoms with Gasteiger partial charge in [-0.3, -0.25) is 5.32 Å². The molecule has 10 heteroatoms. The molecule has 2 aliphatic heterocycles. The van der Waals surface area contributed by atoms with Crippen molar-refractivity contribution in [3.8, 4) is 0 Å². The Balaban J connectivity index is 0.000000200. The van der Waals surface area contributed by atoms with E-state index in [2.05, 4.69) is 65.8 Å². The number of halogens is 1. The number of carboxylic acid groups (broad SMARTS) is 2. The predicted octanol–water partition coefficient (Wildman–Crippen LogP) is 7.69. The van der Waals surface area contributed by atoms with Crippen LogP contribution in [0.3, 0.4) is 0 Å². The van der Waals surface area contributed by atoms with Crippen LogP contribution in [0.2, 0.25) is 5.02 Å². The lowest BCUT2D eigenvalue weighted by Gasteiger charge is -2.30. The van der Waals surface area contributed by atoms with Crippen molar-refractivity contribution in [1.82, 2.24) is 4.90 Å². The molecule has 0 unspecified atom stereocenters. The van der Waals surface area contributed by atoms with Gasteiger partial charge in [0.25, 0.3) is 0 Å². The molecule has 0 atom stereocenters. The highest BCUT2D eigenvalue weighted by molar-refractivity contribution is 7.99. The van der Waals surface area contributed by atoms with Crippen molar-refractivity contribution in [2.75, 3.05) is 25.5 Å². The van der Waals surface area contributed by atoms with Crippen molar-refractivity contribution in [3.63, 3.8) is 0 Å². The van der Waals surface area contributed by atoms with Gasteiger partial charge in [-0.15, -0.1) is 0 Å². The largest absolute Gasteiger partial charge is 0.478 e. The first-order valence-corrected chi connectivity index (χ1v) is 14.9. The minimum absolute atomic E-state index is 0.130. The smallest absolute Gasteiger partial charge is 0.411 e. The van der Waals surface area contributed by atoms with Gasteiger partial charge in [-0.05, 0) is 80.8 Å². The second kappa shape index (κ2) is 16.6. The van der Waals surface area contributed by atoms with Crippen molar-refractivity contribution in [1.29, 1.82) is 0 Å². The maximum atomic E-state index is 11.2. The molecular formula is C33H35ClN2O6S. The molecule has 2 heterocycles. The molecule has 3 N–H and O–H groups in total. The van der Waals surface area contributed by atoms with E-state index in [9.17, 15) is 14.4 Å². The van der Waals surface area contributed by atoms with Gasteiger partial charge in [-0.2, -0.15) is 0 Å². The van der Waals surface area contributed by atoms with Crippen molar-refractivity contribution in [2.24, 2.45) is 0 Å². The summed E-state index contributed by atoms with van der Waals surface area (Å²) in [6.45, 7) is 5.93. The van der Waals surface area contributed by atoms with E-state index in [-0.39, 0.29) is 6.10 Å². The van der Waals surface area contributed by atoms with Gasteiger partial charge in [0.1, 0.15) is 0 Å². The molecule has 3 aromatic carbocycles. The van der Waals surface area contributed by atoms with Gasteiger partial charge in [0, 0.05) is 45.7 Å². The third kappa shape index (κ3) is 10.9. The SMILES string of the molecule is CC(C)OC(=O)Nc1cccc(Cl)c1.CN1CCC(=C2c3ccccc3Sc3ccccc32)CC1.O=C(O)C=CC(=O)O. The topological polar surface area (TPSA) is 116 Å². The van der Waals surface area contributed by atoms with Crippen LogP contribution >= 0.6 is 23.4 Å². The standard InChI is InChI=1S/C19H19NS.C10H12ClNO2.C4H4O4/c1-20-12-10-14(11-13-20)19-15-6-2-4-8-17(15)21-18-9-5-3-7-16(18)19;1-7(2)14-10(13)12-9-5-3-4-8(11)6-9;5-3(6)1-2-4(7)8/h2-9H,10-13H2,1H3;3-7H,1-2H3,(H,12,13);1-2H,(H,5,6)(H,7,8). The lowest BCUT2D eigenvalue weighted by Crippen LogP contribution is -2.27. The molecule has 0 aromatic heterocycles. The summed E-state index contributed by atoms with van der Waals surface area (Å²) in [5.74, 6) is -2.51. The molecule has 3 aromatic rings. The number of carbonyl (C=O) groups excluding carboxylic acids is 1. The Morgan fingerprint density at radius 3 is 1.91 bits per heavy atom. The van der Waals surface area contributed by atoms with E-state index in [1.807, 2.05) is 11.8 Å². The summed E-state index contributed by atoms with van der Waals surface area (Å²) in [6.07, 6.45) is 2.90. The molecule has 8 nitrogen and oxygen atoms in total. The second-order valence-corrected chi connectivity index (χ2v) is 11.5. The number of nitrogens with zero attached hydrogens (tertiary/aromatic N) is 1. The maximum absolute atomic E-state index is 11.2. The van der Waals surface area contributed by atoms with E-state index in [1.54, 1.807) is 43.7 Å². The summed E-state index contributed by atoms with van der Waals surface area (Å²) < 4.78 is 4.90. The lowest BCUT2D eigenvalue weighted by molar-refractivity contribution is -0.134. The molecule has 1 amide bonds. The quantitative estimate of drug-likeness (QED) is 0.198. The summed E-state index contributed by atoms with van der Waals surface area (Å²) in [5.41, 5.74) is 6.63. The zero-order chi connectivity index (χ0) is 31.4. The first-order valence-electron chi connectivity index (χ1n) is 13.7. The molecule has 2 aliphatic rings. The van der Waals surface area contributed by atoms with E-state index in [4.69, 9.17) is 26.6 Å². The lowest BCUT2D eigenvalue weighted by atomic mass is 9.88. The van der Waals surface area contributed by atoms with Crippen molar-refractivity contribution in [3.05, 3.63) is 107 Å². The Kier molecular flexibility index (Phi) is 12.9. The second-order valence-electron chi connectivity index (χ2n) is 9.98. The van der Waals surface area contributed by atoms with Gasteiger partial charge in [-0.25, -0.2) is 14.4 Å². The normalized spacial score (nSPS) is 14.0. The van der Waals surface area contributed by atoms with Gasteiger partial charge in [0.05, 0.1) is 6.10 Å². The molecule has 0 aliphatic carbocycles. The highest BCUT2D eigenvalue weighted by Gasteiger charge is 2.24. The van der Waals surface area contributed by atoms with Gasteiger partial charge in [0.15, 0.2) is 0 Å². The van der Waals surface area contributed by atoms with Crippen molar-refractivity contribution < 1.29 is 29.3 Å². The van der Waals surface area contributed by atoms with E-state index < -0.39 is 18.0 Å². The van der Waals surface area contributed by atoms with Crippen LogP contribution < -0.4 is 5.32 Å². The first-order chi connectivity index (χ1) is 20.5. The minimum Gasteiger partial charge on any atom is -0.478 e. The molecule has 226 valence electrons. The Labute approximate surface area is 261 Å². The monoisotopic (exact) mass is 622 g/mol. The van der Waals surface area contributed by atoms with E-state index in [1.165, 1.54) is 52.4 Å². The van der Waals surface area contributed by atoms with Crippen molar-refractivity contribution in [2.45, 2.75) is 42.6 Å². The van der Waals surface area contributed by atoms with Gasteiger partial charge >= 0.3 is 18.0 Å². The fourth-order valence-electron chi connectivity index (χ4n) is 4.38. The van der Waals surface area contributed by atoms with Crippen LogP contribution in [0.1, 0.15) is 37.8 Å². The molecule has 0 bridgehead atoms. The zero-order valence-electron chi connectivity index (χ0n) is 24.2. The Morgan fingerprint density at radius 1 is 0.884 bits per heavy atom. The van der Waals surface area contributed by atoms with Crippen LogP contribution in [-0.4, -0.2) is 59.4 Å². The van der Waals surface area contributed by atoms with E-state index in [0.717, 1.165) is 0 Å². The fourth-order valence-corrected chi connectivity index (χ4v) is 5.66. The third-order valence-corrected chi connectivity index (χ3v) is 7.65. The van der Waals surface area contributed by atoms with Crippen LogP contribution in [-0.2, 0) is 14.3 Å². The summed E-state index contributed by atoms with van der Waals surface area (Å²) in [4.78, 5) is 35.5. The van der Waals surface area contributed by atoms with Gasteiger partial charge < -0.3 is 19.8 Å². The maximum Gasteiger partial charge on any atom is 0.411 e. The number of amides is 1. The highest BCUT2D eigenvalue weighted by Crippen LogP contribution is 2.47. The average molecular weight is 623 g/mol. The molecule has 0 spiro atoms. The Hall–Kier alpha value is -4.05. The molecule has 43 heavy (non-hydrogen) atoms. The molecule has 1 fully saturated rings.